The highest BCUT2D eigenvalue weighted by atomic mass is 79.9. The van der Waals surface area contributed by atoms with E-state index >= 15 is 0 Å². The molecule has 1 atom stereocenters. The van der Waals surface area contributed by atoms with Gasteiger partial charge in [-0.2, -0.15) is 0 Å². The van der Waals surface area contributed by atoms with Crippen LogP contribution in [0, 0.1) is 0 Å². The number of rotatable bonds is 1. The van der Waals surface area contributed by atoms with Crippen LogP contribution in [0.2, 0.25) is 0 Å². The predicted octanol–water partition coefficient (Wildman–Crippen LogP) is 2.86. The lowest BCUT2D eigenvalue weighted by Gasteiger charge is -2.18. The molecule has 1 fully saturated rings. The molecule has 0 N–H and O–H groups in total. The van der Waals surface area contributed by atoms with Crippen molar-refractivity contribution in [3.63, 3.8) is 0 Å². The molecule has 2 aromatic rings. The number of aromatic nitrogens is 2. The number of imidazole rings is 1. The van der Waals surface area contributed by atoms with Gasteiger partial charge in [-0.1, -0.05) is 0 Å². The van der Waals surface area contributed by atoms with Gasteiger partial charge in [0, 0.05) is 10.7 Å². The number of pyridine rings is 1. The van der Waals surface area contributed by atoms with E-state index in [2.05, 4.69) is 55.6 Å². The fourth-order valence-corrected chi connectivity index (χ4v) is 2.94. The second-order valence-electron chi connectivity index (χ2n) is 4.37. The third-order valence-electron chi connectivity index (χ3n) is 3.37. The Hall–Kier alpha value is -0.870. The van der Waals surface area contributed by atoms with E-state index in [-0.39, 0.29) is 0 Å². The lowest BCUT2D eigenvalue weighted by atomic mass is 10.2. The van der Waals surface area contributed by atoms with Crippen molar-refractivity contribution in [2.45, 2.75) is 18.9 Å². The molecule has 4 heteroatoms. The smallest absolute Gasteiger partial charge is 0.130 e. The second kappa shape index (κ2) is 3.86. The van der Waals surface area contributed by atoms with Gasteiger partial charge in [0.05, 0.1) is 17.8 Å². The molecule has 3 rings (SSSR count). The van der Waals surface area contributed by atoms with E-state index in [1.54, 1.807) is 0 Å². The summed E-state index contributed by atoms with van der Waals surface area (Å²) in [5.74, 6) is 1.16. The van der Waals surface area contributed by atoms with Gasteiger partial charge < -0.3 is 4.40 Å². The Kier molecular flexibility index (Phi) is 2.48. The molecule has 0 amide bonds. The summed E-state index contributed by atoms with van der Waals surface area (Å²) >= 11 is 3.56. The van der Waals surface area contributed by atoms with E-state index < -0.39 is 0 Å². The quantitative estimate of drug-likeness (QED) is 0.800. The van der Waals surface area contributed by atoms with E-state index in [1.165, 1.54) is 19.4 Å². The molecule has 84 valence electrons. The second-order valence-corrected chi connectivity index (χ2v) is 5.22. The number of hydrogen-bond donors (Lipinski definition) is 0. The summed E-state index contributed by atoms with van der Waals surface area (Å²) in [6.45, 7) is 1.17. The summed E-state index contributed by atoms with van der Waals surface area (Å²) in [7, 11) is 2.18. The molecule has 1 saturated heterocycles. The molecule has 16 heavy (non-hydrogen) atoms. The first kappa shape index (κ1) is 10.3. The summed E-state index contributed by atoms with van der Waals surface area (Å²) in [4.78, 5) is 6.96. The van der Waals surface area contributed by atoms with Crippen LogP contribution in [0.25, 0.3) is 5.52 Å². The fraction of sp³-hybridized carbons (Fsp3) is 0.417. The summed E-state index contributed by atoms with van der Waals surface area (Å²) in [6, 6.07) is 4.58. The van der Waals surface area contributed by atoms with E-state index in [0.29, 0.717) is 6.04 Å². The Morgan fingerprint density at radius 2 is 2.38 bits per heavy atom. The van der Waals surface area contributed by atoms with Crippen molar-refractivity contribution < 1.29 is 0 Å². The maximum absolute atomic E-state index is 4.58. The molecule has 2 aromatic heterocycles. The lowest BCUT2D eigenvalue weighted by Crippen LogP contribution is -2.19. The Bertz CT molecular complexity index is 520. The first-order valence-electron chi connectivity index (χ1n) is 5.59. The van der Waals surface area contributed by atoms with Gasteiger partial charge in [0.25, 0.3) is 0 Å². The minimum Gasteiger partial charge on any atom is -0.301 e. The number of fused-ring (bicyclic) bond motifs is 1. The van der Waals surface area contributed by atoms with E-state index in [9.17, 15) is 0 Å². The Morgan fingerprint density at radius 3 is 3.12 bits per heavy atom. The predicted molar refractivity (Wildman–Crippen MR) is 67.5 cm³/mol. The van der Waals surface area contributed by atoms with Gasteiger partial charge in [-0.25, -0.2) is 4.98 Å². The van der Waals surface area contributed by atoms with Crippen molar-refractivity contribution in [2.75, 3.05) is 13.6 Å². The highest BCUT2D eigenvalue weighted by Crippen LogP contribution is 2.31. The van der Waals surface area contributed by atoms with Gasteiger partial charge in [-0.05, 0) is 54.5 Å². The number of nitrogens with zero attached hydrogens (tertiary/aromatic N) is 3. The first-order chi connectivity index (χ1) is 7.77. The number of halogens is 1. The third kappa shape index (κ3) is 1.48. The first-order valence-corrected chi connectivity index (χ1v) is 6.38. The van der Waals surface area contributed by atoms with Crippen molar-refractivity contribution in [1.29, 1.82) is 0 Å². The van der Waals surface area contributed by atoms with Crippen LogP contribution in [0.4, 0.5) is 0 Å². The van der Waals surface area contributed by atoms with Crippen LogP contribution in [-0.2, 0) is 0 Å². The van der Waals surface area contributed by atoms with Gasteiger partial charge in [0.1, 0.15) is 5.82 Å². The van der Waals surface area contributed by atoms with Crippen molar-refractivity contribution in [3.8, 4) is 0 Å². The molecular formula is C12H14BrN3. The molecule has 0 aliphatic carbocycles. The largest absolute Gasteiger partial charge is 0.301 e. The van der Waals surface area contributed by atoms with Crippen LogP contribution < -0.4 is 0 Å². The molecule has 0 radical (unpaired) electrons. The molecule has 1 aliphatic heterocycles. The highest BCUT2D eigenvalue weighted by Gasteiger charge is 2.26. The van der Waals surface area contributed by atoms with Gasteiger partial charge in [-0.3, -0.25) is 4.90 Å². The monoisotopic (exact) mass is 279 g/mol. The van der Waals surface area contributed by atoms with E-state index in [4.69, 9.17) is 0 Å². The van der Waals surface area contributed by atoms with Crippen LogP contribution in [-0.4, -0.2) is 27.9 Å². The highest BCUT2D eigenvalue weighted by molar-refractivity contribution is 9.10. The summed E-state index contributed by atoms with van der Waals surface area (Å²) in [5, 5.41) is 0. The molecule has 1 aliphatic rings. The van der Waals surface area contributed by atoms with Gasteiger partial charge in [-0.15, -0.1) is 0 Å². The standard InChI is InChI=1S/C12H14BrN3/c1-15-6-3-5-10(15)12-14-8-11-9(13)4-2-7-16(11)12/h2,4,7-8,10H,3,5-6H2,1H3. The molecule has 1 unspecified atom stereocenters. The minimum absolute atomic E-state index is 0.469. The maximum Gasteiger partial charge on any atom is 0.130 e. The van der Waals surface area contributed by atoms with Gasteiger partial charge in [0.2, 0.25) is 0 Å². The molecular weight excluding hydrogens is 266 g/mol. The molecule has 0 aromatic carbocycles. The minimum atomic E-state index is 0.469. The number of hydrogen-bond acceptors (Lipinski definition) is 2. The van der Waals surface area contributed by atoms with Crippen LogP contribution in [0.15, 0.2) is 29.0 Å². The average molecular weight is 280 g/mol. The topological polar surface area (TPSA) is 20.5 Å². The van der Waals surface area contributed by atoms with E-state index in [1.807, 2.05) is 6.20 Å². The van der Waals surface area contributed by atoms with Crippen molar-refractivity contribution in [2.24, 2.45) is 0 Å². The van der Waals surface area contributed by atoms with Gasteiger partial charge >= 0.3 is 0 Å². The lowest BCUT2D eigenvalue weighted by molar-refractivity contribution is 0.305. The molecule has 0 spiro atoms. The molecule has 3 heterocycles. The summed E-state index contributed by atoms with van der Waals surface area (Å²) < 4.78 is 3.30. The third-order valence-corrected chi connectivity index (χ3v) is 4.04. The average Bonchev–Trinajstić information content (AvgIpc) is 2.84. The Balaban J connectivity index is 2.14. The fourth-order valence-electron chi connectivity index (χ4n) is 2.49. The Labute approximate surface area is 103 Å². The zero-order chi connectivity index (χ0) is 11.1. The van der Waals surface area contributed by atoms with Crippen molar-refractivity contribution >= 4 is 21.4 Å². The summed E-state index contributed by atoms with van der Waals surface area (Å²) in [6.07, 6.45) is 6.52. The van der Waals surface area contributed by atoms with Crippen LogP contribution in [0.5, 0.6) is 0 Å². The SMILES string of the molecule is CN1CCCC1c1ncc2c(Br)cccn12. The van der Waals surface area contributed by atoms with Crippen LogP contribution >= 0.6 is 15.9 Å². The molecule has 0 saturated carbocycles. The van der Waals surface area contributed by atoms with Crippen LogP contribution in [0.1, 0.15) is 24.7 Å². The zero-order valence-corrected chi connectivity index (χ0v) is 10.8. The number of likely N-dealkylation sites (tertiary alicyclic amines) is 1. The van der Waals surface area contributed by atoms with Crippen molar-refractivity contribution in [3.05, 3.63) is 34.8 Å². The summed E-state index contributed by atoms with van der Waals surface area (Å²) in [5.41, 5.74) is 1.15. The normalized spacial score (nSPS) is 22.0. The molecule has 3 nitrogen and oxygen atoms in total. The van der Waals surface area contributed by atoms with Crippen molar-refractivity contribution in [1.82, 2.24) is 14.3 Å². The Morgan fingerprint density at radius 1 is 1.50 bits per heavy atom. The zero-order valence-electron chi connectivity index (χ0n) is 9.23. The van der Waals surface area contributed by atoms with Gasteiger partial charge in [0.15, 0.2) is 0 Å². The molecule has 0 bridgehead atoms. The van der Waals surface area contributed by atoms with E-state index in [0.717, 1.165) is 15.8 Å². The van der Waals surface area contributed by atoms with Crippen LogP contribution in [0.3, 0.4) is 0 Å². The maximum atomic E-state index is 4.58.